The van der Waals surface area contributed by atoms with Gasteiger partial charge in [-0.25, -0.2) is 4.79 Å². The minimum absolute atomic E-state index is 0.167. The second kappa shape index (κ2) is 25.1. The zero-order valence-corrected chi connectivity index (χ0v) is 19.3. The number of rotatable bonds is 7. The van der Waals surface area contributed by atoms with E-state index in [-0.39, 0.29) is 24.0 Å². The maximum absolute atomic E-state index is 10.7. The van der Waals surface area contributed by atoms with Crippen molar-refractivity contribution in [1.82, 2.24) is 0 Å². The third-order valence-corrected chi connectivity index (χ3v) is 2.05. The molecule has 0 fully saturated rings. The van der Waals surface area contributed by atoms with Crippen molar-refractivity contribution in [3.05, 3.63) is 12.2 Å². The Hall–Kier alpha value is -1.89. The lowest BCUT2D eigenvalue weighted by Crippen LogP contribution is -2.05. The molecule has 0 saturated heterocycles. The summed E-state index contributed by atoms with van der Waals surface area (Å²) in [5.74, 6) is -0.247. The molecule has 0 radical (unpaired) electrons. The van der Waals surface area contributed by atoms with Gasteiger partial charge in [-0.05, 0) is 40.0 Å². The van der Waals surface area contributed by atoms with Crippen LogP contribution in [-0.2, 0) is 28.6 Å². The molecule has 0 bridgehead atoms. The number of unbranched alkanes of at least 4 members (excludes halogenated alkanes) is 1. The molecule has 0 amide bonds. The molecule has 7 heteroatoms. The van der Waals surface area contributed by atoms with E-state index in [1.807, 2.05) is 13.8 Å². The van der Waals surface area contributed by atoms with E-state index < -0.39 is 0 Å². The van der Waals surface area contributed by atoms with Crippen molar-refractivity contribution in [2.75, 3.05) is 19.8 Å². The molecule has 168 valence electrons. The van der Waals surface area contributed by atoms with E-state index in [0.29, 0.717) is 31.3 Å². The fraction of sp³-hybridized carbons (Fsp3) is 0.762. The number of hydrogen-bond acceptors (Lipinski definition) is 7. The average molecular weight is 407 g/mol. The molecule has 0 unspecified atom stereocenters. The Morgan fingerprint density at radius 3 is 1.50 bits per heavy atom. The largest absolute Gasteiger partial charge is 0.466 e. The molecular formula is C21H42O7. The lowest BCUT2D eigenvalue weighted by atomic mass is 10.2. The summed E-state index contributed by atoms with van der Waals surface area (Å²) in [6.07, 6.45) is 1.81. The van der Waals surface area contributed by atoms with Crippen LogP contribution in [0, 0.1) is 5.92 Å². The summed E-state index contributed by atoms with van der Waals surface area (Å²) in [5, 5.41) is 8.06. The Morgan fingerprint density at radius 2 is 1.32 bits per heavy atom. The van der Waals surface area contributed by atoms with Gasteiger partial charge >= 0.3 is 17.9 Å². The zero-order valence-electron chi connectivity index (χ0n) is 19.3. The number of carbonyl (C=O) groups excluding carboxylic acids is 3. The van der Waals surface area contributed by atoms with Crippen LogP contribution in [0.25, 0.3) is 0 Å². The molecule has 0 aromatic carbocycles. The quantitative estimate of drug-likeness (QED) is 0.294. The van der Waals surface area contributed by atoms with E-state index in [0.717, 1.165) is 12.8 Å². The predicted molar refractivity (Wildman–Crippen MR) is 112 cm³/mol. The van der Waals surface area contributed by atoms with Crippen LogP contribution in [0.1, 0.15) is 75.2 Å². The summed E-state index contributed by atoms with van der Waals surface area (Å²) in [4.78, 5) is 30.6. The lowest BCUT2D eigenvalue weighted by Gasteiger charge is -2.02. The Kier molecular flexibility index (Phi) is 30.2. The van der Waals surface area contributed by atoms with E-state index in [2.05, 4.69) is 23.0 Å². The van der Waals surface area contributed by atoms with Gasteiger partial charge in [0.1, 0.15) is 0 Å². The van der Waals surface area contributed by atoms with Gasteiger partial charge in [-0.3, -0.25) is 9.59 Å². The summed E-state index contributed by atoms with van der Waals surface area (Å²) >= 11 is 0. The van der Waals surface area contributed by atoms with Crippen LogP contribution >= 0.6 is 0 Å². The number of ether oxygens (including phenoxy) is 3. The normalized spacial score (nSPS) is 8.86. The highest BCUT2D eigenvalue weighted by molar-refractivity contribution is 5.86. The molecule has 7 nitrogen and oxygen atoms in total. The Morgan fingerprint density at radius 1 is 0.893 bits per heavy atom. The van der Waals surface area contributed by atoms with Crippen LogP contribution in [0.3, 0.4) is 0 Å². The van der Waals surface area contributed by atoms with Gasteiger partial charge in [0.15, 0.2) is 0 Å². The maximum atomic E-state index is 10.7. The number of hydrogen-bond donors (Lipinski definition) is 1. The summed E-state index contributed by atoms with van der Waals surface area (Å²) in [5.41, 5.74) is 0.469. The van der Waals surface area contributed by atoms with Crippen molar-refractivity contribution < 1.29 is 33.7 Å². The summed E-state index contributed by atoms with van der Waals surface area (Å²) in [6, 6.07) is 0. The third kappa shape index (κ3) is 56.4. The number of carbonyl (C=O) groups is 3. The fourth-order valence-electron chi connectivity index (χ4n) is 0.920. The van der Waals surface area contributed by atoms with Crippen molar-refractivity contribution in [3.63, 3.8) is 0 Å². The highest BCUT2D eigenvalue weighted by atomic mass is 16.5. The van der Waals surface area contributed by atoms with E-state index in [4.69, 9.17) is 9.84 Å². The van der Waals surface area contributed by atoms with Gasteiger partial charge in [0.05, 0.1) is 19.8 Å². The summed E-state index contributed by atoms with van der Waals surface area (Å²) < 4.78 is 13.9. The van der Waals surface area contributed by atoms with E-state index in [1.54, 1.807) is 27.7 Å². The van der Waals surface area contributed by atoms with Crippen molar-refractivity contribution in [2.24, 2.45) is 5.92 Å². The van der Waals surface area contributed by atoms with Gasteiger partial charge in [-0.15, -0.1) is 0 Å². The first-order valence-electron chi connectivity index (χ1n) is 9.58. The van der Waals surface area contributed by atoms with Crippen LogP contribution in [0.4, 0.5) is 0 Å². The van der Waals surface area contributed by atoms with Gasteiger partial charge in [0.2, 0.25) is 0 Å². The molecule has 0 spiro atoms. The average Bonchev–Trinajstić information content (AvgIpc) is 2.53. The number of esters is 3. The van der Waals surface area contributed by atoms with E-state index in [9.17, 15) is 14.4 Å². The summed E-state index contributed by atoms with van der Waals surface area (Å²) in [7, 11) is 0. The number of aliphatic hydroxyl groups excluding tert-OH is 1. The molecule has 0 aliphatic heterocycles. The highest BCUT2D eigenvalue weighted by Crippen LogP contribution is 1.94. The topological polar surface area (TPSA) is 99.1 Å². The van der Waals surface area contributed by atoms with Crippen LogP contribution in [-0.4, -0.2) is 48.9 Å². The van der Waals surface area contributed by atoms with Crippen molar-refractivity contribution in [2.45, 2.75) is 81.3 Å². The Labute approximate surface area is 171 Å². The molecule has 0 saturated carbocycles. The second-order valence-corrected chi connectivity index (χ2v) is 6.48. The first-order valence-corrected chi connectivity index (χ1v) is 9.58. The van der Waals surface area contributed by atoms with Gasteiger partial charge in [0, 0.05) is 25.5 Å². The van der Waals surface area contributed by atoms with Crippen LogP contribution in [0.2, 0.25) is 0 Å². The Balaban J connectivity index is -0.000000144. The first-order chi connectivity index (χ1) is 12.8. The molecule has 28 heavy (non-hydrogen) atoms. The predicted octanol–water partition coefficient (Wildman–Crippen LogP) is 4.07. The van der Waals surface area contributed by atoms with E-state index >= 15 is 0 Å². The lowest BCUT2D eigenvalue weighted by molar-refractivity contribution is -0.142. The second-order valence-electron chi connectivity index (χ2n) is 6.48. The molecule has 0 atom stereocenters. The first kappa shape index (κ1) is 33.7. The molecule has 0 rings (SSSR count). The fourth-order valence-corrected chi connectivity index (χ4v) is 0.920. The molecule has 0 aliphatic rings. The van der Waals surface area contributed by atoms with Crippen LogP contribution in [0.15, 0.2) is 12.2 Å². The number of aliphatic hydroxyl groups is 1. The van der Waals surface area contributed by atoms with Gasteiger partial charge in [-0.1, -0.05) is 33.8 Å². The molecule has 1 N–H and O–H groups in total. The zero-order chi connectivity index (χ0) is 23.1. The minimum atomic E-state index is -0.284. The minimum Gasteiger partial charge on any atom is -0.466 e. The van der Waals surface area contributed by atoms with Gasteiger partial charge in [0.25, 0.3) is 0 Å². The molecular weight excluding hydrogens is 364 g/mol. The monoisotopic (exact) mass is 406 g/mol. The third-order valence-electron chi connectivity index (χ3n) is 2.05. The summed E-state index contributed by atoms with van der Waals surface area (Å²) in [6.45, 7) is 20.7. The van der Waals surface area contributed by atoms with Crippen molar-refractivity contribution in [1.29, 1.82) is 0 Å². The molecule has 0 aromatic heterocycles. The maximum Gasteiger partial charge on any atom is 0.333 e. The molecule has 0 aromatic rings. The van der Waals surface area contributed by atoms with Crippen LogP contribution < -0.4 is 0 Å². The highest BCUT2D eigenvalue weighted by Gasteiger charge is 2.00. The molecule has 0 heterocycles. The smallest absolute Gasteiger partial charge is 0.333 e. The van der Waals surface area contributed by atoms with Crippen molar-refractivity contribution >= 4 is 17.9 Å². The van der Waals surface area contributed by atoms with Crippen LogP contribution in [0.5, 0.6) is 0 Å². The molecule has 0 aliphatic carbocycles. The SMILES string of the molecule is C=C(C)C(=O)OCCCC.CC(=O)OCC(C)C.CC(C)O.CCOC(C)=O. The van der Waals surface area contributed by atoms with Crippen molar-refractivity contribution in [3.8, 4) is 0 Å². The van der Waals surface area contributed by atoms with Gasteiger partial charge in [-0.2, -0.15) is 0 Å². The van der Waals surface area contributed by atoms with E-state index in [1.165, 1.54) is 13.8 Å². The Bertz CT molecular complexity index is 399. The standard InChI is InChI=1S/C8H14O2.C6H12O2.C4H8O2.C3H8O/c1-4-5-6-10-8(9)7(2)3;1-5(2)4-8-6(3)7;1-3-6-4(2)5;1-3(2)4/h2,4-6H2,1,3H3;5H,4H2,1-3H3;3H2,1-2H3;3-4H,1-2H3. The van der Waals surface area contributed by atoms with Gasteiger partial charge < -0.3 is 19.3 Å².